The van der Waals surface area contributed by atoms with Crippen molar-refractivity contribution >= 4 is 17.6 Å². The highest BCUT2D eigenvalue weighted by molar-refractivity contribution is 6.30. The molecule has 2 fully saturated rings. The van der Waals surface area contributed by atoms with E-state index in [1.807, 2.05) is 24.2 Å². The molecule has 1 aliphatic carbocycles. The van der Waals surface area contributed by atoms with E-state index in [4.69, 9.17) is 16.6 Å². The van der Waals surface area contributed by atoms with Crippen molar-refractivity contribution in [1.82, 2.24) is 25.1 Å². The lowest BCUT2D eigenvalue weighted by Gasteiger charge is -2.31. The van der Waals surface area contributed by atoms with Crippen LogP contribution in [0.4, 0.5) is 9.18 Å². The van der Waals surface area contributed by atoms with Gasteiger partial charge < -0.3 is 15.1 Å². The number of fused-ring (bicyclic) bond motifs is 1. The quantitative estimate of drug-likeness (QED) is 0.689. The van der Waals surface area contributed by atoms with Gasteiger partial charge in [-0.2, -0.15) is 0 Å². The van der Waals surface area contributed by atoms with Crippen LogP contribution in [0.1, 0.15) is 60.7 Å². The number of nitrogens with one attached hydrogen (secondary N) is 1. The summed E-state index contributed by atoms with van der Waals surface area (Å²) in [5.74, 6) is 1.19. The van der Waals surface area contributed by atoms with Crippen molar-refractivity contribution in [3.05, 3.63) is 57.9 Å². The first-order chi connectivity index (χ1) is 16.5. The second-order valence-corrected chi connectivity index (χ2v) is 10.6. The van der Waals surface area contributed by atoms with Crippen LogP contribution in [0.2, 0.25) is 5.02 Å². The fourth-order valence-electron chi connectivity index (χ4n) is 5.74. The lowest BCUT2D eigenvalue weighted by molar-refractivity contribution is 0.186. The summed E-state index contributed by atoms with van der Waals surface area (Å²) in [5, 5.41) is 3.34. The molecule has 2 atom stereocenters. The molecule has 0 bridgehead atoms. The second kappa shape index (κ2) is 10.2. The van der Waals surface area contributed by atoms with Crippen molar-refractivity contribution < 1.29 is 9.18 Å². The standard InChI is InChI=1S/C26H33ClFN5O/c1-32-14-20(18-7-8-21(27)22(28)12-18)24(15-32)31-26(34)33-10-9-19-13-29-25(30-23(19)16-33)11-17-5-3-2-4-6-17/h7-8,12-13,17,20,24H,2-6,9-11,14-16H2,1H3,(H,31,34)/t20-,24+/m0/s1. The zero-order chi connectivity index (χ0) is 23.7. The first kappa shape index (κ1) is 23.5. The number of nitrogens with zero attached hydrogens (tertiary/aromatic N) is 4. The Balaban J connectivity index is 1.24. The van der Waals surface area contributed by atoms with Crippen LogP contribution < -0.4 is 5.32 Å². The van der Waals surface area contributed by atoms with Crippen LogP contribution in [0.3, 0.4) is 0 Å². The van der Waals surface area contributed by atoms with Crippen LogP contribution >= 0.6 is 11.6 Å². The molecule has 1 saturated carbocycles. The lowest BCUT2D eigenvalue weighted by atomic mass is 9.87. The number of rotatable bonds is 4. The Morgan fingerprint density at radius 1 is 1.24 bits per heavy atom. The molecule has 2 aromatic rings. The first-order valence-corrected chi connectivity index (χ1v) is 12.9. The number of halogens is 2. The maximum Gasteiger partial charge on any atom is 0.318 e. The highest BCUT2D eigenvalue weighted by Crippen LogP contribution is 2.30. The van der Waals surface area contributed by atoms with E-state index in [1.54, 1.807) is 6.07 Å². The molecule has 182 valence electrons. The van der Waals surface area contributed by atoms with Crippen LogP contribution in [-0.2, 0) is 19.4 Å². The summed E-state index contributed by atoms with van der Waals surface area (Å²) >= 11 is 5.87. The van der Waals surface area contributed by atoms with Crippen molar-refractivity contribution in [3.63, 3.8) is 0 Å². The van der Waals surface area contributed by atoms with Gasteiger partial charge in [-0.3, -0.25) is 0 Å². The predicted octanol–water partition coefficient (Wildman–Crippen LogP) is 4.56. The summed E-state index contributed by atoms with van der Waals surface area (Å²) in [6, 6.07) is 4.77. The van der Waals surface area contributed by atoms with Gasteiger partial charge in [-0.15, -0.1) is 0 Å². The average Bonchev–Trinajstić information content (AvgIpc) is 3.20. The predicted molar refractivity (Wildman–Crippen MR) is 130 cm³/mol. The Morgan fingerprint density at radius 2 is 2.06 bits per heavy atom. The molecule has 6 nitrogen and oxygen atoms in total. The van der Waals surface area contributed by atoms with Crippen LogP contribution in [0.15, 0.2) is 24.4 Å². The van der Waals surface area contributed by atoms with E-state index >= 15 is 0 Å². The number of benzene rings is 1. The summed E-state index contributed by atoms with van der Waals surface area (Å²) in [6.45, 7) is 2.63. The molecule has 1 saturated heterocycles. The SMILES string of the molecule is CN1C[C@@H](NC(=O)N2CCc3cnc(CC4CCCCC4)nc3C2)[C@H](c2ccc(Cl)c(F)c2)C1. The molecule has 1 aromatic carbocycles. The minimum Gasteiger partial charge on any atom is -0.333 e. The monoisotopic (exact) mass is 485 g/mol. The number of urea groups is 1. The van der Waals surface area contributed by atoms with Crippen molar-refractivity contribution in [1.29, 1.82) is 0 Å². The van der Waals surface area contributed by atoms with Gasteiger partial charge in [0, 0.05) is 38.2 Å². The van der Waals surface area contributed by atoms with E-state index in [9.17, 15) is 9.18 Å². The van der Waals surface area contributed by atoms with E-state index in [0.29, 0.717) is 19.0 Å². The Morgan fingerprint density at radius 3 is 2.85 bits per heavy atom. The van der Waals surface area contributed by atoms with Gasteiger partial charge in [-0.05, 0) is 42.6 Å². The maximum atomic E-state index is 14.1. The number of hydrogen-bond acceptors (Lipinski definition) is 4. The normalized spacial score (nSPS) is 23.7. The largest absolute Gasteiger partial charge is 0.333 e. The highest BCUT2D eigenvalue weighted by Gasteiger charge is 2.35. The van der Waals surface area contributed by atoms with Crippen molar-refractivity contribution in [2.45, 2.75) is 63.5 Å². The molecule has 1 aromatic heterocycles. The van der Waals surface area contributed by atoms with Gasteiger partial charge in [0.15, 0.2) is 0 Å². The van der Waals surface area contributed by atoms with Gasteiger partial charge in [0.05, 0.1) is 23.3 Å². The van der Waals surface area contributed by atoms with Gasteiger partial charge in [-0.25, -0.2) is 19.2 Å². The summed E-state index contributed by atoms with van der Waals surface area (Å²) in [4.78, 5) is 26.7. The summed E-state index contributed by atoms with van der Waals surface area (Å²) in [7, 11) is 2.02. The third-order valence-electron chi connectivity index (χ3n) is 7.66. The van der Waals surface area contributed by atoms with Crippen LogP contribution in [-0.4, -0.2) is 58.5 Å². The van der Waals surface area contributed by atoms with Crippen molar-refractivity contribution in [3.8, 4) is 0 Å². The van der Waals surface area contributed by atoms with Crippen molar-refractivity contribution in [2.24, 2.45) is 5.92 Å². The number of aromatic nitrogens is 2. The molecule has 5 rings (SSSR count). The van der Waals surface area contributed by atoms with Crippen LogP contribution in [0.25, 0.3) is 0 Å². The zero-order valence-electron chi connectivity index (χ0n) is 19.8. The molecule has 0 radical (unpaired) electrons. The number of likely N-dealkylation sites (N-methyl/N-ethyl adjacent to an activating group) is 1. The lowest BCUT2D eigenvalue weighted by Crippen LogP contribution is -2.49. The molecule has 3 heterocycles. The average molecular weight is 486 g/mol. The van der Waals surface area contributed by atoms with Crippen LogP contribution in [0, 0.1) is 11.7 Å². The second-order valence-electron chi connectivity index (χ2n) is 10.2. The Kier molecular flexibility index (Phi) is 7.02. The van der Waals surface area contributed by atoms with Gasteiger partial charge in [-0.1, -0.05) is 49.8 Å². The molecule has 34 heavy (non-hydrogen) atoms. The molecular weight excluding hydrogens is 453 g/mol. The van der Waals surface area contributed by atoms with Crippen molar-refractivity contribution in [2.75, 3.05) is 26.7 Å². The molecule has 8 heteroatoms. The molecule has 3 aliphatic rings. The number of hydrogen-bond donors (Lipinski definition) is 1. The third-order valence-corrected chi connectivity index (χ3v) is 7.97. The van der Waals surface area contributed by atoms with E-state index < -0.39 is 5.82 Å². The Bertz CT molecular complexity index is 1040. The highest BCUT2D eigenvalue weighted by atomic mass is 35.5. The topological polar surface area (TPSA) is 61.4 Å². The molecule has 0 unspecified atom stereocenters. The third kappa shape index (κ3) is 5.20. The number of amides is 2. The Labute approximate surface area is 205 Å². The van der Waals surface area contributed by atoms with E-state index in [2.05, 4.69) is 15.2 Å². The molecule has 1 N–H and O–H groups in total. The molecular formula is C26H33ClFN5O. The minimum absolute atomic E-state index is 0.0159. The van der Waals surface area contributed by atoms with Gasteiger partial charge in [0.1, 0.15) is 11.6 Å². The fourth-order valence-corrected chi connectivity index (χ4v) is 5.86. The van der Waals surface area contributed by atoms with E-state index in [0.717, 1.165) is 48.6 Å². The number of carbonyl (C=O) groups is 1. The minimum atomic E-state index is -0.421. The maximum absolute atomic E-state index is 14.1. The van der Waals surface area contributed by atoms with Gasteiger partial charge in [0.25, 0.3) is 0 Å². The zero-order valence-corrected chi connectivity index (χ0v) is 20.5. The van der Waals surface area contributed by atoms with Gasteiger partial charge in [0.2, 0.25) is 0 Å². The first-order valence-electron chi connectivity index (χ1n) is 12.5. The summed E-state index contributed by atoms with van der Waals surface area (Å²) in [5.41, 5.74) is 2.98. The smallest absolute Gasteiger partial charge is 0.318 e. The Hall–Kier alpha value is -2.25. The number of carbonyl (C=O) groups excluding carboxylic acids is 1. The number of likely N-dealkylation sites (tertiary alicyclic amines) is 1. The van der Waals surface area contributed by atoms with Gasteiger partial charge >= 0.3 is 6.03 Å². The van der Waals surface area contributed by atoms with E-state index in [1.165, 1.54) is 38.2 Å². The summed E-state index contributed by atoms with van der Waals surface area (Å²) in [6.07, 6.45) is 10.2. The molecule has 2 amide bonds. The molecule has 2 aliphatic heterocycles. The van der Waals surface area contributed by atoms with E-state index in [-0.39, 0.29) is 23.0 Å². The summed E-state index contributed by atoms with van der Waals surface area (Å²) < 4.78 is 14.1. The molecule has 0 spiro atoms. The van der Waals surface area contributed by atoms with Crippen LogP contribution in [0.5, 0.6) is 0 Å². The fraction of sp³-hybridized carbons (Fsp3) is 0.577.